The monoisotopic (exact) mass is 273 g/mol. The summed E-state index contributed by atoms with van der Waals surface area (Å²) in [5, 5.41) is 17.6. The number of benzene rings is 1. The van der Waals surface area contributed by atoms with Crippen LogP contribution in [0.2, 0.25) is 0 Å². The summed E-state index contributed by atoms with van der Waals surface area (Å²) < 4.78 is 25.9. The van der Waals surface area contributed by atoms with Crippen molar-refractivity contribution in [3.63, 3.8) is 0 Å². The molecule has 0 aliphatic carbocycles. The van der Waals surface area contributed by atoms with Crippen LogP contribution in [-0.4, -0.2) is 35.2 Å². The molecular formula is C12H13F2NO4. The van der Waals surface area contributed by atoms with Crippen LogP contribution in [0, 0.1) is 17.6 Å². The Hall–Kier alpha value is -2.18. The van der Waals surface area contributed by atoms with Gasteiger partial charge in [-0.15, -0.1) is 0 Å². The molecule has 0 saturated carbocycles. The van der Waals surface area contributed by atoms with Gasteiger partial charge in [0.25, 0.3) is 0 Å². The second-order valence-electron chi connectivity index (χ2n) is 4.11. The van der Waals surface area contributed by atoms with Crippen molar-refractivity contribution in [1.29, 1.82) is 0 Å². The molecule has 0 bridgehead atoms. The van der Waals surface area contributed by atoms with Crippen molar-refractivity contribution in [3.8, 4) is 0 Å². The lowest BCUT2D eigenvalue weighted by Crippen LogP contribution is -2.36. The first kappa shape index (κ1) is 14.9. The van der Waals surface area contributed by atoms with E-state index in [1.54, 1.807) is 0 Å². The van der Waals surface area contributed by atoms with E-state index in [-0.39, 0.29) is 12.2 Å². The minimum atomic E-state index is -1.19. The van der Waals surface area contributed by atoms with Crippen molar-refractivity contribution in [2.75, 3.05) is 18.0 Å². The molecule has 2 N–H and O–H groups in total. The van der Waals surface area contributed by atoms with E-state index < -0.39 is 36.0 Å². The lowest BCUT2D eigenvalue weighted by molar-refractivity contribution is -0.141. The maximum absolute atomic E-state index is 13.1. The largest absolute Gasteiger partial charge is 0.481 e. The number of carbonyl (C=O) groups is 2. The Balaban J connectivity index is 2.98. The average molecular weight is 273 g/mol. The molecule has 104 valence electrons. The average Bonchev–Trinajstić information content (AvgIpc) is 2.31. The van der Waals surface area contributed by atoms with E-state index in [1.165, 1.54) is 17.9 Å². The second-order valence-corrected chi connectivity index (χ2v) is 4.11. The maximum Gasteiger partial charge on any atom is 0.323 e. The highest BCUT2D eigenvalue weighted by Crippen LogP contribution is 2.19. The third-order valence-corrected chi connectivity index (χ3v) is 2.51. The van der Waals surface area contributed by atoms with Crippen LogP contribution in [0.1, 0.15) is 6.92 Å². The number of hydrogen-bond donors (Lipinski definition) is 2. The molecule has 0 aliphatic heterocycles. The van der Waals surface area contributed by atoms with Crippen LogP contribution >= 0.6 is 0 Å². The first-order valence-electron chi connectivity index (χ1n) is 5.46. The molecule has 0 spiro atoms. The normalized spacial score (nSPS) is 11.9. The minimum absolute atomic E-state index is 0.118. The zero-order valence-electron chi connectivity index (χ0n) is 10.1. The van der Waals surface area contributed by atoms with Gasteiger partial charge in [0, 0.05) is 18.3 Å². The summed E-state index contributed by atoms with van der Waals surface area (Å²) in [6, 6.07) is 2.91. The van der Waals surface area contributed by atoms with Crippen molar-refractivity contribution < 1.29 is 28.6 Å². The van der Waals surface area contributed by atoms with Crippen molar-refractivity contribution in [3.05, 3.63) is 29.8 Å². The Morgan fingerprint density at radius 1 is 1.26 bits per heavy atom. The Morgan fingerprint density at radius 2 is 1.89 bits per heavy atom. The van der Waals surface area contributed by atoms with Crippen molar-refractivity contribution in [1.82, 2.24) is 0 Å². The van der Waals surface area contributed by atoms with E-state index in [2.05, 4.69) is 0 Å². The molecule has 1 atom stereocenters. The number of aliphatic carboxylic acids is 2. The molecular weight excluding hydrogens is 260 g/mol. The molecule has 0 heterocycles. The summed E-state index contributed by atoms with van der Waals surface area (Å²) in [6.07, 6.45) is 0. The molecule has 0 amide bonds. The molecule has 0 fully saturated rings. The van der Waals surface area contributed by atoms with Gasteiger partial charge in [-0.1, -0.05) is 6.92 Å². The lowest BCUT2D eigenvalue weighted by atomic mass is 10.1. The van der Waals surface area contributed by atoms with Gasteiger partial charge in [0.15, 0.2) is 11.6 Å². The molecule has 0 radical (unpaired) electrons. The van der Waals surface area contributed by atoms with Gasteiger partial charge in [-0.2, -0.15) is 0 Å². The summed E-state index contributed by atoms with van der Waals surface area (Å²) in [5.41, 5.74) is 0.120. The number of carboxylic acid groups (broad SMARTS) is 2. The summed E-state index contributed by atoms with van der Waals surface area (Å²) >= 11 is 0. The van der Waals surface area contributed by atoms with E-state index in [4.69, 9.17) is 10.2 Å². The van der Waals surface area contributed by atoms with Gasteiger partial charge < -0.3 is 15.1 Å². The second kappa shape index (κ2) is 6.12. The molecule has 0 saturated heterocycles. The van der Waals surface area contributed by atoms with E-state index in [9.17, 15) is 18.4 Å². The van der Waals surface area contributed by atoms with E-state index >= 15 is 0 Å². The van der Waals surface area contributed by atoms with Crippen LogP contribution in [0.3, 0.4) is 0 Å². The molecule has 1 unspecified atom stereocenters. The Labute approximate surface area is 108 Å². The molecule has 19 heavy (non-hydrogen) atoms. The number of carboxylic acids is 2. The zero-order valence-corrected chi connectivity index (χ0v) is 10.1. The summed E-state index contributed by atoms with van der Waals surface area (Å²) in [4.78, 5) is 22.7. The minimum Gasteiger partial charge on any atom is -0.481 e. The third-order valence-electron chi connectivity index (χ3n) is 2.51. The zero-order chi connectivity index (χ0) is 14.6. The van der Waals surface area contributed by atoms with Crippen molar-refractivity contribution in [2.45, 2.75) is 6.92 Å². The van der Waals surface area contributed by atoms with E-state index in [0.29, 0.717) is 0 Å². The topological polar surface area (TPSA) is 77.8 Å². The van der Waals surface area contributed by atoms with E-state index in [1.807, 2.05) is 0 Å². The number of nitrogens with zero attached hydrogens (tertiary/aromatic N) is 1. The SMILES string of the molecule is CC(CN(CC(=O)O)c1ccc(F)c(F)c1)C(=O)O. The molecule has 7 heteroatoms. The molecule has 0 aliphatic rings. The Kier molecular flexibility index (Phi) is 4.80. The maximum atomic E-state index is 13.1. The van der Waals surface area contributed by atoms with Gasteiger partial charge in [-0.05, 0) is 12.1 Å². The number of halogens is 2. The molecule has 0 aromatic heterocycles. The predicted octanol–water partition coefficient (Wildman–Crippen LogP) is 1.58. The lowest BCUT2D eigenvalue weighted by Gasteiger charge is -2.24. The number of rotatable bonds is 6. The van der Waals surface area contributed by atoms with Gasteiger partial charge >= 0.3 is 11.9 Å². The predicted molar refractivity (Wildman–Crippen MR) is 63.0 cm³/mol. The number of anilines is 1. The molecule has 1 aromatic rings. The summed E-state index contributed by atoms with van der Waals surface area (Å²) in [7, 11) is 0. The van der Waals surface area contributed by atoms with Gasteiger partial charge in [0.1, 0.15) is 6.54 Å². The van der Waals surface area contributed by atoms with Crippen molar-refractivity contribution in [2.24, 2.45) is 5.92 Å². The third kappa shape index (κ3) is 4.20. The van der Waals surface area contributed by atoms with E-state index in [0.717, 1.165) is 12.1 Å². The Morgan fingerprint density at radius 3 is 2.37 bits per heavy atom. The smallest absolute Gasteiger partial charge is 0.323 e. The fourth-order valence-corrected chi connectivity index (χ4v) is 1.51. The molecule has 5 nitrogen and oxygen atoms in total. The van der Waals surface area contributed by atoms with Gasteiger partial charge in [-0.25, -0.2) is 8.78 Å². The van der Waals surface area contributed by atoms with Crippen LogP contribution in [-0.2, 0) is 9.59 Å². The van der Waals surface area contributed by atoms with Crippen molar-refractivity contribution >= 4 is 17.6 Å². The summed E-state index contributed by atoms with van der Waals surface area (Å²) in [6.45, 7) is 0.784. The van der Waals surface area contributed by atoms with Crippen LogP contribution in [0.5, 0.6) is 0 Å². The standard InChI is InChI=1S/C12H13F2NO4/c1-7(12(18)19)5-15(6-11(16)17)8-2-3-9(13)10(14)4-8/h2-4,7H,5-6H2,1H3,(H,16,17)(H,18,19). The fraction of sp³-hybridized carbons (Fsp3) is 0.333. The van der Waals surface area contributed by atoms with Crippen LogP contribution in [0.25, 0.3) is 0 Å². The molecule has 1 aromatic carbocycles. The summed E-state index contributed by atoms with van der Waals surface area (Å²) in [5.74, 6) is -5.30. The number of hydrogen-bond acceptors (Lipinski definition) is 3. The quantitative estimate of drug-likeness (QED) is 0.822. The first-order chi connectivity index (χ1) is 8.81. The molecule has 1 rings (SSSR count). The van der Waals surface area contributed by atoms with Gasteiger partial charge in [0.05, 0.1) is 5.92 Å². The van der Waals surface area contributed by atoms with Crippen LogP contribution < -0.4 is 4.90 Å². The first-order valence-corrected chi connectivity index (χ1v) is 5.46. The fourth-order valence-electron chi connectivity index (χ4n) is 1.51. The van der Waals surface area contributed by atoms with Crippen LogP contribution in [0.15, 0.2) is 18.2 Å². The highest BCUT2D eigenvalue weighted by Gasteiger charge is 2.19. The van der Waals surface area contributed by atoms with Gasteiger partial charge in [0.2, 0.25) is 0 Å². The highest BCUT2D eigenvalue weighted by atomic mass is 19.2. The Bertz CT molecular complexity index is 493. The van der Waals surface area contributed by atoms with Crippen LogP contribution in [0.4, 0.5) is 14.5 Å². The highest BCUT2D eigenvalue weighted by molar-refractivity contribution is 5.75. The van der Waals surface area contributed by atoms with Gasteiger partial charge in [-0.3, -0.25) is 9.59 Å².